The first-order valence-electron chi connectivity index (χ1n) is 32.4. The molecule has 0 aliphatic rings. The van der Waals surface area contributed by atoms with Crippen LogP contribution in [0, 0.1) is 0 Å². The Morgan fingerprint density at radius 1 is 0.459 bits per heavy atom. The molecule has 0 aliphatic carbocycles. The molecule has 0 spiro atoms. The molecule has 74 heavy (non-hydrogen) atoms. The SMILES string of the molecule is CCCCCC/C=C/CC/C=C/CC/C=C/C(O)C(COP(=O)([O-])OCC[N+](C)(C)C)NC(=O)CCCCCCCCCCCCCCCCCCCCCCCCCCCCCCCCCCCCCCCC. The van der Waals surface area contributed by atoms with Gasteiger partial charge in [-0.3, -0.25) is 9.36 Å². The van der Waals surface area contributed by atoms with Crippen LogP contribution in [0.3, 0.4) is 0 Å². The van der Waals surface area contributed by atoms with Gasteiger partial charge in [-0.2, -0.15) is 0 Å². The summed E-state index contributed by atoms with van der Waals surface area (Å²) in [6, 6.07) is -0.907. The number of amides is 1. The number of carbonyl (C=O) groups is 1. The van der Waals surface area contributed by atoms with Gasteiger partial charge in [0, 0.05) is 6.42 Å². The molecular formula is C65H127N2O6P. The zero-order valence-corrected chi connectivity index (χ0v) is 51.0. The number of likely N-dealkylation sites (N-methyl/N-ethyl adjacent to an activating group) is 1. The van der Waals surface area contributed by atoms with Crippen molar-refractivity contribution in [3.63, 3.8) is 0 Å². The van der Waals surface area contributed by atoms with Crippen LogP contribution in [-0.2, 0) is 18.4 Å². The summed E-state index contributed by atoms with van der Waals surface area (Å²) in [7, 11) is 1.25. The monoisotopic (exact) mass is 1060 g/mol. The van der Waals surface area contributed by atoms with E-state index in [9.17, 15) is 19.4 Å². The molecular weight excluding hydrogens is 936 g/mol. The van der Waals surface area contributed by atoms with Gasteiger partial charge in [-0.15, -0.1) is 0 Å². The molecule has 0 aromatic rings. The number of phosphoric acid groups is 1. The third kappa shape index (κ3) is 58.4. The number of nitrogens with zero attached hydrogens (tertiary/aromatic N) is 1. The molecule has 0 heterocycles. The Morgan fingerprint density at radius 2 is 0.757 bits per heavy atom. The maximum atomic E-state index is 13.0. The van der Waals surface area contributed by atoms with Gasteiger partial charge >= 0.3 is 0 Å². The van der Waals surface area contributed by atoms with Gasteiger partial charge in [0.1, 0.15) is 13.2 Å². The molecule has 438 valence electrons. The largest absolute Gasteiger partial charge is 0.756 e. The number of nitrogens with one attached hydrogen (secondary N) is 1. The zero-order chi connectivity index (χ0) is 54.2. The molecule has 0 saturated heterocycles. The Kier molecular flexibility index (Phi) is 55.5. The number of aliphatic hydroxyl groups excluding tert-OH is 1. The van der Waals surface area contributed by atoms with Crippen LogP contribution in [0.1, 0.15) is 322 Å². The topological polar surface area (TPSA) is 108 Å². The lowest BCUT2D eigenvalue weighted by Gasteiger charge is -2.29. The van der Waals surface area contributed by atoms with E-state index in [2.05, 4.69) is 43.5 Å². The fraction of sp³-hybridized carbons (Fsp3) is 0.892. The summed E-state index contributed by atoms with van der Waals surface area (Å²) in [5.41, 5.74) is 0. The van der Waals surface area contributed by atoms with Gasteiger partial charge in [0.25, 0.3) is 7.82 Å². The summed E-state index contributed by atoms with van der Waals surface area (Å²) in [5.74, 6) is -0.206. The lowest BCUT2D eigenvalue weighted by atomic mass is 10.0. The third-order valence-electron chi connectivity index (χ3n) is 14.8. The number of carbonyl (C=O) groups excluding carboxylic acids is 1. The Bertz CT molecular complexity index is 1300. The molecule has 8 nitrogen and oxygen atoms in total. The van der Waals surface area contributed by atoms with Crippen molar-refractivity contribution in [1.82, 2.24) is 5.32 Å². The van der Waals surface area contributed by atoms with Crippen LogP contribution in [0.2, 0.25) is 0 Å². The van der Waals surface area contributed by atoms with Gasteiger partial charge in [0.05, 0.1) is 39.9 Å². The molecule has 0 aromatic heterocycles. The summed E-state index contributed by atoms with van der Waals surface area (Å²) in [6.45, 7) is 4.63. The van der Waals surface area contributed by atoms with Gasteiger partial charge < -0.3 is 28.8 Å². The summed E-state index contributed by atoms with van der Waals surface area (Å²) >= 11 is 0. The van der Waals surface area contributed by atoms with E-state index in [1.54, 1.807) is 6.08 Å². The summed E-state index contributed by atoms with van der Waals surface area (Å²) in [5, 5.41) is 13.8. The van der Waals surface area contributed by atoms with Crippen molar-refractivity contribution in [3.8, 4) is 0 Å². The molecule has 0 radical (unpaired) electrons. The van der Waals surface area contributed by atoms with Gasteiger partial charge in [-0.1, -0.05) is 307 Å². The predicted octanol–water partition coefficient (Wildman–Crippen LogP) is 19.5. The summed E-state index contributed by atoms with van der Waals surface area (Å²) in [6.07, 6.45) is 74.3. The number of hydrogen-bond donors (Lipinski definition) is 2. The average molecular weight is 1060 g/mol. The molecule has 3 atom stereocenters. The van der Waals surface area contributed by atoms with E-state index < -0.39 is 26.6 Å². The fourth-order valence-electron chi connectivity index (χ4n) is 9.78. The molecule has 9 heteroatoms. The number of allylic oxidation sites excluding steroid dienone is 5. The van der Waals surface area contributed by atoms with Crippen molar-refractivity contribution in [2.75, 3.05) is 40.9 Å². The summed E-state index contributed by atoms with van der Waals surface area (Å²) in [4.78, 5) is 25.5. The van der Waals surface area contributed by atoms with E-state index in [-0.39, 0.29) is 12.5 Å². The van der Waals surface area contributed by atoms with Crippen molar-refractivity contribution >= 4 is 13.7 Å². The maximum absolute atomic E-state index is 13.0. The van der Waals surface area contributed by atoms with Crippen LogP contribution >= 0.6 is 7.82 Å². The lowest BCUT2D eigenvalue weighted by Crippen LogP contribution is -2.45. The number of quaternary nitrogens is 1. The van der Waals surface area contributed by atoms with Crippen molar-refractivity contribution in [2.24, 2.45) is 0 Å². The highest BCUT2D eigenvalue weighted by atomic mass is 31.2. The minimum Gasteiger partial charge on any atom is -0.756 e. The van der Waals surface area contributed by atoms with Crippen LogP contribution in [0.15, 0.2) is 36.5 Å². The van der Waals surface area contributed by atoms with Gasteiger partial charge in [0.15, 0.2) is 0 Å². The van der Waals surface area contributed by atoms with E-state index in [0.29, 0.717) is 17.4 Å². The second-order valence-corrected chi connectivity index (χ2v) is 24.9. The van der Waals surface area contributed by atoms with E-state index in [0.717, 1.165) is 44.9 Å². The van der Waals surface area contributed by atoms with E-state index in [1.165, 1.54) is 257 Å². The highest BCUT2D eigenvalue weighted by Gasteiger charge is 2.23. The zero-order valence-electron chi connectivity index (χ0n) is 50.1. The van der Waals surface area contributed by atoms with Crippen molar-refractivity contribution in [3.05, 3.63) is 36.5 Å². The summed E-state index contributed by atoms with van der Waals surface area (Å²) < 4.78 is 23.3. The molecule has 0 aliphatic heterocycles. The first-order chi connectivity index (χ1) is 36.0. The Hall–Kier alpha value is -1.28. The fourth-order valence-corrected chi connectivity index (χ4v) is 10.5. The van der Waals surface area contributed by atoms with Crippen LogP contribution in [-0.4, -0.2) is 68.5 Å². The van der Waals surface area contributed by atoms with Crippen molar-refractivity contribution < 1.29 is 32.9 Å². The Labute approximate surface area is 461 Å². The van der Waals surface area contributed by atoms with Crippen LogP contribution < -0.4 is 10.2 Å². The minimum absolute atomic E-state index is 0.00755. The van der Waals surface area contributed by atoms with Crippen LogP contribution in [0.4, 0.5) is 0 Å². The second kappa shape index (κ2) is 56.4. The molecule has 1 amide bonds. The van der Waals surface area contributed by atoms with Crippen molar-refractivity contribution in [1.29, 1.82) is 0 Å². The van der Waals surface area contributed by atoms with E-state index in [4.69, 9.17) is 9.05 Å². The molecule has 0 bridgehead atoms. The minimum atomic E-state index is -4.61. The van der Waals surface area contributed by atoms with E-state index >= 15 is 0 Å². The molecule has 0 aromatic carbocycles. The number of phosphoric ester groups is 1. The highest BCUT2D eigenvalue weighted by molar-refractivity contribution is 7.45. The van der Waals surface area contributed by atoms with Gasteiger partial charge in [0.2, 0.25) is 5.91 Å². The standard InChI is InChI=1S/C65H127N2O6P/c1-6-8-10-12-14-16-18-20-22-23-24-25-26-27-28-29-30-31-32-33-34-35-36-37-38-39-40-41-42-43-44-45-47-49-51-53-55-57-59-65(69)66-63(62-73-74(70,71)72-61-60-67(3,4)5)64(68)58-56-54-52-50-48-46-21-19-17-15-13-11-9-7-2/h17,19,48,50,56,58,63-64,68H,6-16,18,20-47,49,51-55,57,59-62H2,1-5H3,(H-,66,69,70,71)/b19-17+,50-48+,58-56+. The third-order valence-corrected chi connectivity index (χ3v) is 15.8. The number of aliphatic hydroxyl groups is 1. The van der Waals surface area contributed by atoms with Gasteiger partial charge in [-0.25, -0.2) is 0 Å². The number of hydrogen-bond acceptors (Lipinski definition) is 6. The maximum Gasteiger partial charge on any atom is 0.268 e. The highest BCUT2D eigenvalue weighted by Crippen LogP contribution is 2.38. The quantitative estimate of drug-likeness (QED) is 0.0272. The smallest absolute Gasteiger partial charge is 0.268 e. The molecule has 2 N–H and O–H groups in total. The van der Waals surface area contributed by atoms with Crippen molar-refractivity contribution in [2.45, 2.75) is 334 Å². The molecule has 0 saturated carbocycles. The predicted molar refractivity (Wildman–Crippen MR) is 321 cm³/mol. The van der Waals surface area contributed by atoms with Crippen LogP contribution in [0.25, 0.3) is 0 Å². The second-order valence-electron chi connectivity index (χ2n) is 23.5. The normalized spacial score (nSPS) is 14.0. The molecule has 0 rings (SSSR count). The number of unbranched alkanes of at least 4 members (excludes halogenated alkanes) is 43. The lowest BCUT2D eigenvalue weighted by molar-refractivity contribution is -0.870. The van der Waals surface area contributed by atoms with Crippen LogP contribution in [0.5, 0.6) is 0 Å². The Balaban J connectivity index is 3.89. The average Bonchev–Trinajstić information content (AvgIpc) is 3.36. The van der Waals surface area contributed by atoms with E-state index in [1.807, 2.05) is 27.2 Å². The first-order valence-corrected chi connectivity index (χ1v) is 33.8. The Morgan fingerprint density at radius 3 is 1.09 bits per heavy atom. The molecule has 3 unspecified atom stereocenters. The van der Waals surface area contributed by atoms with Gasteiger partial charge in [-0.05, 0) is 44.9 Å². The first kappa shape index (κ1) is 72.7. The number of rotatable bonds is 60. The molecule has 0 fully saturated rings.